The molecule has 1 heterocycles. The van der Waals surface area contributed by atoms with E-state index in [0.29, 0.717) is 13.1 Å². The predicted octanol–water partition coefficient (Wildman–Crippen LogP) is 4.55. The molecule has 0 aromatic rings. The lowest BCUT2D eigenvalue weighted by atomic mass is 10.1. The molecule has 0 bridgehead atoms. The molecule has 1 fully saturated rings. The fourth-order valence-corrected chi connectivity index (χ4v) is 4.77. The zero-order valence-corrected chi connectivity index (χ0v) is 26.9. The minimum Gasteiger partial charge on any atom is -0.459 e. The van der Waals surface area contributed by atoms with Gasteiger partial charge < -0.3 is 30.3 Å². The molecule has 0 aliphatic carbocycles. The molecule has 0 aromatic heterocycles. The lowest BCUT2D eigenvalue weighted by Gasteiger charge is -2.26. The number of unbranched alkanes of at least 4 members (excludes halogenated alkanes) is 7. The summed E-state index contributed by atoms with van der Waals surface area (Å²) in [5.41, 5.74) is -0.868. The average Bonchev–Trinajstić information content (AvgIpc) is 2.83. The fraction of sp³-hybridized carbons (Fsp3) is 0.935. The number of hydrogen-bond donors (Lipinski definition) is 3. The Kier molecular flexibility index (Phi) is 19.5. The second-order valence-electron chi connectivity index (χ2n) is 13.2. The van der Waals surface area contributed by atoms with E-state index in [9.17, 15) is 9.59 Å². The van der Waals surface area contributed by atoms with E-state index in [4.69, 9.17) is 9.47 Å². The molecule has 0 atom stereocenters. The molecule has 236 valence electrons. The smallest absolute Gasteiger partial charge is 0.407 e. The number of carbonyl (C=O) groups excluding carboxylic acids is 2. The van der Waals surface area contributed by atoms with Crippen molar-refractivity contribution >= 4 is 12.1 Å². The van der Waals surface area contributed by atoms with Crippen LogP contribution in [0.4, 0.5) is 4.79 Å². The third-order valence-electron chi connectivity index (χ3n) is 6.71. The van der Waals surface area contributed by atoms with Crippen LogP contribution in [0.5, 0.6) is 0 Å². The number of amides is 1. The lowest BCUT2D eigenvalue weighted by Crippen LogP contribution is -2.41. The summed E-state index contributed by atoms with van der Waals surface area (Å²) < 4.78 is 10.8. The second kappa shape index (κ2) is 21.3. The van der Waals surface area contributed by atoms with Crippen molar-refractivity contribution in [3.05, 3.63) is 0 Å². The van der Waals surface area contributed by atoms with Gasteiger partial charge >= 0.3 is 12.1 Å². The van der Waals surface area contributed by atoms with Crippen LogP contribution in [0.25, 0.3) is 0 Å². The van der Waals surface area contributed by atoms with Gasteiger partial charge in [-0.05, 0) is 99.9 Å². The monoisotopic (exact) mass is 569 g/mol. The van der Waals surface area contributed by atoms with Gasteiger partial charge in [0.1, 0.15) is 11.2 Å². The molecule has 0 unspecified atom stereocenters. The van der Waals surface area contributed by atoms with Gasteiger partial charge in [0, 0.05) is 32.7 Å². The molecule has 0 spiro atoms. The van der Waals surface area contributed by atoms with Crippen LogP contribution >= 0.6 is 0 Å². The molecule has 1 rings (SSSR count). The normalized spacial score (nSPS) is 17.6. The number of hydrogen-bond acceptors (Lipinski definition) is 8. The van der Waals surface area contributed by atoms with Gasteiger partial charge in [-0.2, -0.15) is 0 Å². The summed E-state index contributed by atoms with van der Waals surface area (Å²) in [4.78, 5) is 28.8. The second-order valence-corrected chi connectivity index (χ2v) is 13.2. The van der Waals surface area contributed by atoms with Crippen molar-refractivity contribution in [3.8, 4) is 0 Å². The predicted molar refractivity (Wildman–Crippen MR) is 165 cm³/mol. The Balaban J connectivity index is 2.12. The van der Waals surface area contributed by atoms with Crippen LogP contribution < -0.4 is 16.0 Å². The molecule has 9 nitrogen and oxygen atoms in total. The van der Waals surface area contributed by atoms with E-state index in [-0.39, 0.29) is 12.1 Å². The molecule has 40 heavy (non-hydrogen) atoms. The summed E-state index contributed by atoms with van der Waals surface area (Å²) in [6, 6.07) is 0. The van der Waals surface area contributed by atoms with Gasteiger partial charge in [-0.25, -0.2) is 4.79 Å². The van der Waals surface area contributed by atoms with Crippen LogP contribution in [0.2, 0.25) is 0 Å². The third kappa shape index (κ3) is 23.3. The minimum atomic E-state index is -0.435. The Morgan fingerprint density at radius 1 is 0.650 bits per heavy atom. The number of ether oxygens (including phenoxy) is 2. The number of alkyl carbamates (subject to hydrolysis) is 1. The maximum atomic E-state index is 12.3. The molecule has 1 amide bonds. The molecule has 1 aliphatic heterocycles. The first-order valence-electron chi connectivity index (χ1n) is 16.0. The van der Waals surface area contributed by atoms with E-state index >= 15 is 0 Å². The average molecular weight is 570 g/mol. The Labute approximate surface area is 245 Å². The van der Waals surface area contributed by atoms with Gasteiger partial charge in [0.25, 0.3) is 0 Å². The van der Waals surface area contributed by atoms with Crippen molar-refractivity contribution < 1.29 is 19.1 Å². The van der Waals surface area contributed by atoms with Gasteiger partial charge in [-0.3, -0.25) is 9.69 Å². The molecular formula is C31H63N5O4. The summed E-state index contributed by atoms with van der Waals surface area (Å²) in [5.74, 6) is -0.137. The van der Waals surface area contributed by atoms with Crippen molar-refractivity contribution in [2.45, 2.75) is 117 Å². The van der Waals surface area contributed by atoms with Crippen molar-refractivity contribution in [1.82, 2.24) is 25.8 Å². The zero-order chi connectivity index (χ0) is 29.7. The van der Waals surface area contributed by atoms with Crippen LogP contribution in [0.1, 0.15) is 106 Å². The SMILES string of the molecule is CC(C)(C)OC(=O)CN1CCCNCCN(CCCCCCCCCCNC(=O)OC(C)(C)C)CCCNCC1. The van der Waals surface area contributed by atoms with E-state index in [2.05, 4.69) is 25.8 Å². The maximum Gasteiger partial charge on any atom is 0.407 e. The molecule has 9 heteroatoms. The molecule has 0 aromatic carbocycles. The van der Waals surface area contributed by atoms with E-state index in [1.165, 1.54) is 45.1 Å². The number of rotatable bonds is 13. The van der Waals surface area contributed by atoms with Crippen molar-refractivity contribution in [3.63, 3.8) is 0 Å². The molecule has 1 aliphatic rings. The zero-order valence-electron chi connectivity index (χ0n) is 26.9. The molecule has 0 saturated carbocycles. The summed E-state index contributed by atoms with van der Waals surface area (Å²) >= 11 is 0. The first-order chi connectivity index (χ1) is 18.9. The number of nitrogens with one attached hydrogen (secondary N) is 3. The Bertz CT molecular complexity index is 647. The molecular weight excluding hydrogens is 506 g/mol. The summed E-state index contributed by atoms with van der Waals surface area (Å²) in [6.45, 7) is 21.6. The summed E-state index contributed by atoms with van der Waals surface area (Å²) in [6.07, 6.45) is 11.7. The van der Waals surface area contributed by atoms with Gasteiger partial charge in [0.15, 0.2) is 0 Å². The van der Waals surface area contributed by atoms with Crippen molar-refractivity contribution in [1.29, 1.82) is 0 Å². The van der Waals surface area contributed by atoms with Crippen LogP contribution in [0.3, 0.4) is 0 Å². The van der Waals surface area contributed by atoms with E-state index in [0.717, 1.165) is 78.0 Å². The third-order valence-corrected chi connectivity index (χ3v) is 6.71. The highest BCUT2D eigenvalue weighted by Crippen LogP contribution is 2.10. The Morgan fingerprint density at radius 2 is 1.15 bits per heavy atom. The van der Waals surface area contributed by atoms with Crippen LogP contribution in [-0.2, 0) is 14.3 Å². The van der Waals surface area contributed by atoms with Crippen molar-refractivity contribution in [2.75, 3.05) is 72.0 Å². The number of esters is 1. The van der Waals surface area contributed by atoms with Crippen LogP contribution in [0, 0.1) is 0 Å². The Hall–Kier alpha value is -1.42. The van der Waals surface area contributed by atoms with Gasteiger partial charge in [-0.15, -0.1) is 0 Å². The number of nitrogens with zero attached hydrogens (tertiary/aromatic N) is 2. The summed E-state index contributed by atoms with van der Waals surface area (Å²) in [5, 5.41) is 10.0. The lowest BCUT2D eigenvalue weighted by molar-refractivity contribution is -0.156. The molecule has 1 saturated heterocycles. The standard InChI is InChI=1S/C31H63N5O4/c1-30(2,3)39-28(37)27-36-24-16-18-32-20-25-35(23-15-17-33-21-26-36)22-14-12-10-8-7-9-11-13-19-34-29(38)40-31(4,5)6/h32-33H,7-27H2,1-6H3,(H,34,38). The molecule has 3 N–H and O–H groups in total. The highest BCUT2D eigenvalue weighted by atomic mass is 16.6. The Morgan fingerprint density at radius 3 is 1.73 bits per heavy atom. The highest BCUT2D eigenvalue weighted by molar-refractivity contribution is 5.72. The summed E-state index contributed by atoms with van der Waals surface area (Å²) in [7, 11) is 0. The molecule has 0 radical (unpaired) electrons. The first kappa shape index (κ1) is 36.6. The van der Waals surface area contributed by atoms with Gasteiger partial charge in [0.05, 0.1) is 6.54 Å². The van der Waals surface area contributed by atoms with Gasteiger partial charge in [-0.1, -0.05) is 38.5 Å². The van der Waals surface area contributed by atoms with Crippen molar-refractivity contribution in [2.24, 2.45) is 0 Å². The highest BCUT2D eigenvalue weighted by Gasteiger charge is 2.19. The first-order valence-corrected chi connectivity index (χ1v) is 16.0. The van der Waals surface area contributed by atoms with E-state index in [1.807, 2.05) is 41.5 Å². The topological polar surface area (TPSA) is 95.2 Å². The number of carbonyl (C=O) groups is 2. The largest absolute Gasteiger partial charge is 0.459 e. The van der Waals surface area contributed by atoms with Crippen LogP contribution in [0.15, 0.2) is 0 Å². The van der Waals surface area contributed by atoms with Gasteiger partial charge in [0.2, 0.25) is 0 Å². The van der Waals surface area contributed by atoms with E-state index in [1.54, 1.807) is 0 Å². The quantitative estimate of drug-likeness (QED) is 0.220. The maximum absolute atomic E-state index is 12.3. The fourth-order valence-electron chi connectivity index (χ4n) is 4.77. The minimum absolute atomic E-state index is 0.137. The van der Waals surface area contributed by atoms with Crippen LogP contribution in [-0.4, -0.2) is 105 Å². The van der Waals surface area contributed by atoms with E-state index < -0.39 is 11.2 Å².